The average Bonchev–Trinajstić information content (AvgIpc) is 3.01. The van der Waals surface area contributed by atoms with Crippen LogP contribution in [0.5, 0.6) is 0 Å². The Hall–Kier alpha value is -2.68. The van der Waals surface area contributed by atoms with E-state index in [0.29, 0.717) is 11.5 Å². The number of pyridine rings is 1. The SMILES string of the molecule is N#Cc1ccc(NCC2CN(c3cc4c(nn3)CCC4)C2)nc1. The first-order chi connectivity index (χ1) is 11.3. The highest BCUT2D eigenvalue weighted by molar-refractivity contribution is 5.46. The van der Waals surface area contributed by atoms with Gasteiger partial charge in [-0.1, -0.05) is 0 Å². The highest BCUT2D eigenvalue weighted by atomic mass is 15.3. The van der Waals surface area contributed by atoms with E-state index in [1.165, 1.54) is 17.7 Å². The van der Waals surface area contributed by atoms with Crippen LogP contribution in [-0.2, 0) is 12.8 Å². The molecular weight excluding hydrogens is 288 g/mol. The molecule has 6 heteroatoms. The van der Waals surface area contributed by atoms with E-state index in [0.717, 1.165) is 44.1 Å². The quantitative estimate of drug-likeness (QED) is 0.927. The predicted molar refractivity (Wildman–Crippen MR) is 87.2 cm³/mol. The number of nitrogens with one attached hydrogen (secondary N) is 1. The number of nitriles is 1. The van der Waals surface area contributed by atoms with E-state index in [1.54, 1.807) is 12.3 Å². The molecule has 1 saturated heterocycles. The normalized spacial score (nSPS) is 16.6. The van der Waals surface area contributed by atoms with E-state index in [4.69, 9.17) is 5.26 Å². The summed E-state index contributed by atoms with van der Waals surface area (Å²) in [5, 5.41) is 20.8. The largest absolute Gasteiger partial charge is 0.370 e. The lowest BCUT2D eigenvalue weighted by Crippen LogP contribution is -2.50. The molecule has 0 aromatic carbocycles. The molecule has 0 atom stereocenters. The molecule has 6 nitrogen and oxygen atoms in total. The zero-order chi connectivity index (χ0) is 15.6. The smallest absolute Gasteiger partial charge is 0.151 e. The molecule has 0 unspecified atom stereocenters. The summed E-state index contributed by atoms with van der Waals surface area (Å²) in [6.07, 6.45) is 5.01. The molecule has 23 heavy (non-hydrogen) atoms. The summed E-state index contributed by atoms with van der Waals surface area (Å²) < 4.78 is 0. The van der Waals surface area contributed by atoms with Gasteiger partial charge in [0, 0.05) is 31.7 Å². The molecule has 3 heterocycles. The number of aryl methyl sites for hydroxylation is 2. The molecular formula is C17H18N6. The molecule has 0 amide bonds. The Morgan fingerprint density at radius 3 is 2.96 bits per heavy atom. The van der Waals surface area contributed by atoms with Gasteiger partial charge in [0.15, 0.2) is 5.82 Å². The van der Waals surface area contributed by atoms with Crippen LogP contribution in [-0.4, -0.2) is 34.8 Å². The maximum absolute atomic E-state index is 8.76. The molecule has 2 aromatic heterocycles. The topological polar surface area (TPSA) is 77.7 Å². The number of anilines is 2. The Labute approximate surface area is 135 Å². The Morgan fingerprint density at radius 2 is 2.17 bits per heavy atom. The first kappa shape index (κ1) is 13.9. The molecule has 1 aliphatic heterocycles. The Balaban J connectivity index is 1.29. The van der Waals surface area contributed by atoms with Crippen LogP contribution in [0.3, 0.4) is 0 Å². The van der Waals surface area contributed by atoms with Gasteiger partial charge in [-0.25, -0.2) is 4.98 Å². The summed E-state index contributed by atoms with van der Waals surface area (Å²) in [6.45, 7) is 2.88. The lowest BCUT2D eigenvalue weighted by atomic mass is 10.00. The lowest BCUT2D eigenvalue weighted by Gasteiger charge is -2.40. The molecule has 1 fully saturated rings. The average molecular weight is 306 g/mol. The van der Waals surface area contributed by atoms with Crippen LogP contribution in [0, 0.1) is 17.2 Å². The molecule has 0 bridgehead atoms. The van der Waals surface area contributed by atoms with E-state index >= 15 is 0 Å². The van der Waals surface area contributed by atoms with E-state index in [9.17, 15) is 0 Å². The van der Waals surface area contributed by atoms with E-state index in [1.807, 2.05) is 6.07 Å². The van der Waals surface area contributed by atoms with Crippen molar-refractivity contribution >= 4 is 11.6 Å². The van der Waals surface area contributed by atoms with Crippen molar-refractivity contribution in [1.29, 1.82) is 5.26 Å². The highest BCUT2D eigenvalue weighted by Gasteiger charge is 2.28. The molecule has 2 aliphatic rings. The maximum atomic E-state index is 8.76. The molecule has 1 aliphatic carbocycles. The number of nitrogens with zero attached hydrogens (tertiary/aromatic N) is 5. The molecule has 0 radical (unpaired) electrons. The van der Waals surface area contributed by atoms with E-state index in [2.05, 4.69) is 37.5 Å². The molecule has 4 rings (SSSR count). The fourth-order valence-corrected chi connectivity index (χ4v) is 3.17. The van der Waals surface area contributed by atoms with E-state index < -0.39 is 0 Å². The monoisotopic (exact) mass is 306 g/mol. The van der Waals surface area contributed by atoms with Crippen molar-refractivity contribution in [3.8, 4) is 6.07 Å². The summed E-state index contributed by atoms with van der Waals surface area (Å²) >= 11 is 0. The fourth-order valence-electron chi connectivity index (χ4n) is 3.17. The Kier molecular flexibility index (Phi) is 3.54. The Bertz CT molecular complexity index is 743. The van der Waals surface area contributed by atoms with Gasteiger partial charge in [-0.3, -0.25) is 0 Å². The van der Waals surface area contributed by atoms with Crippen LogP contribution >= 0.6 is 0 Å². The van der Waals surface area contributed by atoms with E-state index in [-0.39, 0.29) is 0 Å². The van der Waals surface area contributed by atoms with Crippen LogP contribution in [0.2, 0.25) is 0 Å². The van der Waals surface area contributed by atoms with Gasteiger partial charge in [-0.05, 0) is 43.0 Å². The van der Waals surface area contributed by atoms with Crippen molar-refractivity contribution in [3.05, 3.63) is 41.2 Å². The molecule has 1 N–H and O–H groups in total. The number of rotatable bonds is 4. The first-order valence-electron chi connectivity index (χ1n) is 8.02. The van der Waals surface area contributed by atoms with Crippen molar-refractivity contribution in [3.63, 3.8) is 0 Å². The van der Waals surface area contributed by atoms with Gasteiger partial charge < -0.3 is 10.2 Å². The highest BCUT2D eigenvalue weighted by Crippen LogP contribution is 2.27. The van der Waals surface area contributed by atoms with Crippen molar-refractivity contribution in [1.82, 2.24) is 15.2 Å². The van der Waals surface area contributed by atoms with Gasteiger partial charge in [-0.2, -0.15) is 10.4 Å². The summed E-state index contributed by atoms with van der Waals surface area (Å²) in [5.74, 6) is 2.42. The molecule has 0 saturated carbocycles. The van der Waals surface area contributed by atoms with Crippen molar-refractivity contribution in [2.75, 3.05) is 29.9 Å². The number of aromatic nitrogens is 3. The summed E-state index contributed by atoms with van der Waals surface area (Å²) in [5.41, 5.74) is 3.14. The number of hydrogen-bond donors (Lipinski definition) is 1. The first-order valence-corrected chi connectivity index (χ1v) is 8.02. The second-order valence-corrected chi connectivity index (χ2v) is 6.22. The zero-order valence-electron chi connectivity index (χ0n) is 12.9. The third kappa shape index (κ3) is 2.82. The minimum atomic E-state index is 0.584. The van der Waals surface area contributed by atoms with Gasteiger partial charge in [0.2, 0.25) is 0 Å². The second-order valence-electron chi connectivity index (χ2n) is 6.22. The van der Waals surface area contributed by atoms with Gasteiger partial charge in [0.25, 0.3) is 0 Å². The molecule has 0 spiro atoms. The predicted octanol–water partition coefficient (Wildman–Crippen LogP) is 1.78. The third-order valence-electron chi connectivity index (χ3n) is 4.55. The minimum Gasteiger partial charge on any atom is -0.370 e. The third-order valence-corrected chi connectivity index (χ3v) is 4.55. The standard InChI is InChI=1S/C17H18N6/c18-7-12-4-5-16(19-8-12)20-9-13-10-23(11-13)17-6-14-2-1-3-15(14)21-22-17/h4-6,8,13H,1-3,9-11H2,(H,19,20). The van der Waals surface area contributed by atoms with Crippen LogP contribution < -0.4 is 10.2 Å². The Morgan fingerprint density at radius 1 is 1.26 bits per heavy atom. The van der Waals surface area contributed by atoms with Crippen LogP contribution in [0.1, 0.15) is 23.2 Å². The fraction of sp³-hybridized carbons (Fsp3) is 0.412. The zero-order valence-corrected chi connectivity index (χ0v) is 12.9. The summed E-state index contributed by atoms with van der Waals surface area (Å²) in [4.78, 5) is 6.51. The molecule has 2 aromatic rings. The van der Waals surface area contributed by atoms with Gasteiger partial charge in [0.1, 0.15) is 11.9 Å². The van der Waals surface area contributed by atoms with Crippen molar-refractivity contribution in [2.24, 2.45) is 5.92 Å². The van der Waals surface area contributed by atoms with Gasteiger partial charge in [0.05, 0.1) is 11.3 Å². The lowest BCUT2D eigenvalue weighted by molar-refractivity contribution is 0.425. The van der Waals surface area contributed by atoms with Crippen molar-refractivity contribution < 1.29 is 0 Å². The van der Waals surface area contributed by atoms with Crippen LogP contribution in [0.15, 0.2) is 24.4 Å². The maximum Gasteiger partial charge on any atom is 0.151 e. The van der Waals surface area contributed by atoms with Crippen molar-refractivity contribution in [2.45, 2.75) is 19.3 Å². The second kappa shape index (κ2) is 5.84. The number of hydrogen-bond acceptors (Lipinski definition) is 6. The van der Waals surface area contributed by atoms with Gasteiger partial charge in [-0.15, -0.1) is 5.10 Å². The summed E-state index contributed by atoms with van der Waals surface area (Å²) in [7, 11) is 0. The van der Waals surface area contributed by atoms with Gasteiger partial charge >= 0.3 is 0 Å². The summed E-state index contributed by atoms with van der Waals surface area (Å²) in [6, 6.07) is 7.91. The molecule has 116 valence electrons. The minimum absolute atomic E-state index is 0.584. The number of fused-ring (bicyclic) bond motifs is 1. The van der Waals surface area contributed by atoms with Crippen LogP contribution in [0.4, 0.5) is 11.6 Å². The van der Waals surface area contributed by atoms with Crippen LogP contribution in [0.25, 0.3) is 0 Å².